The Kier molecular flexibility index (Phi) is 3.23. The monoisotopic (exact) mass is 227 g/mol. The highest BCUT2D eigenvalue weighted by atomic mass is 16.1. The van der Waals surface area contributed by atoms with Gasteiger partial charge in [0.1, 0.15) is 5.69 Å². The SMILES string of the molecule is Cc1cc(C(=O)CC(C)C)nc2ccccc12. The van der Waals surface area contributed by atoms with Crippen molar-refractivity contribution >= 4 is 16.7 Å². The summed E-state index contributed by atoms with van der Waals surface area (Å²) in [6.45, 7) is 6.12. The Bertz CT molecular complexity index is 558. The number of benzene rings is 1. The molecule has 1 aromatic carbocycles. The summed E-state index contributed by atoms with van der Waals surface area (Å²) in [6.07, 6.45) is 0.560. The van der Waals surface area contributed by atoms with Crippen molar-refractivity contribution < 1.29 is 4.79 Å². The lowest BCUT2D eigenvalue weighted by atomic mass is 10.0. The minimum absolute atomic E-state index is 0.133. The molecule has 2 nitrogen and oxygen atoms in total. The summed E-state index contributed by atoms with van der Waals surface area (Å²) in [5.74, 6) is 0.505. The van der Waals surface area contributed by atoms with Gasteiger partial charge in [-0.3, -0.25) is 4.79 Å². The Morgan fingerprint density at radius 3 is 2.71 bits per heavy atom. The van der Waals surface area contributed by atoms with Crippen LogP contribution in [-0.4, -0.2) is 10.8 Å². The third-order valence-corrected chi connectivity index (χ3v) is 2.80. The van der Waals surface area contributed by atoms with Crippen LogP contribution in [0.5, 0.6) is 0 Å². The van der Waals surface area contributed by atoms with E-state index in [1.54, 1.807) is 0 Å². The maximum absolute atomic E-state index is 12.0. The number of Topliss-reactive ketones (excluding diaryl/α,β-unsaturated/α-hetero) is 1. The first-order chi connectivity index (χ1) is 8.08. The third kappa shape index (κ3) is 2.52. The van der Waals surface area contributed by atoms with Gasteiger partial charge in [0.25, 0.3) is 0 Å². The second-order valence-corrected chi connectivity index (χ2v) is 4.86. The van der Waals surface area contributed by atoms with Gasteiger partial charge in [0.05, 0.1) is 5.52 Å². The van der Waals surface area contributed by atoms with Crippen LogP contribution in [0, 0.1) is 12.8 Å². The van der Waals surface area contributed by atoms with Gasteiger partial charge in [-0.05, 0) is 30.5 Å². The van der Waals surface area contributed by atoms with Crippen LogP contribution in [0.3, 0.4) is 0 Å². The number of rotatable bonds is 3. The molecule has 0 atom stereocenters. The molecule has 1 heterocycles. The van der Waals surface area contributed by atoms with Gasteiger partial charge < -0.3 is 0 Å². The summed E-state index contributed by atoms with van der Waals surface area (Å²) in [7, 11) is 0. The van der Waals surface area contributed by atoms with Crippen molar-refractivity contribution in [2.24, 2.45) is 5.92 Å². The van der Waals surface area contributed by atoms with E-state index in [0.717, 1.165) is 16.5 Å². The van der Waals surface area contributed by atoms with Gasteiger partial charge in [0, 0.05) is 11.8 Å². The van der Waals surface area contributed by atoms with E-state index < -0.39 is 0 Å². The Morgan fingerprint density at radius 2 is 2.00 bits per heavy atom. The van der Waals surface area contributed by atoms with Crippen molar-refractivity contribution in [1.29, 1.82) is 0 Å². The number of nitrogens with zero attached hydrogens (tertiary/aromatic N) is 1. The molecule has 0 aliphatic rings. The van der Waals surface area contributed by atoms with Gasteiger partial charge in [0.2, 0.25) is 0 Å². The molecule has 0 aliphatic heterocycles. The topological polar surface area (TPSA) is 30.0 Å². The lowest BCUT2D eigenvalue weighted by Crippen LogP contribution is -2.06. The number of ketones is 1. The second-order valence-electron chi connectivity index (χ2n) is 4.86. The first-order valence-corrected chi connectivity index (χ1v) is 5.97. The zero-order chi connectivity index (χ0) is 12.4. The summed E-state index contributed by atoms with van der Waals surface area (Å²) < 4.78 is 0. The van der Waals surface area contributed by atoms with Gasteiger partial charge >= 0.3 is 0 Å². The van der Waals surface area contributed by atoms with Crippen molar-refractivity contribution in [3.05, 3.63) is 41.6 Å². The maximum atomic E-state index is 12.0. The molecule has 0 aliphatic carbocycles. The van der Waals surface area contributed by atoms with Crippen molar-refractivity contribution in [3.8, 4) is 0 Å². The third-order valence-electron chi connectivity index (χ3n) is 2.80. The van der Waals surface area contributed by atoms with Crippen LogP contribution >= 0.6 is 0 Å². The Morgan fingerprint density at radius 1 is 1.29 bits per heavy atom. The van der Waals surface area contributed by atoms with Crippen LogP contribution in [-0.2, 0) is 0 Å². The van der Waals surface area contributed by atoms with E-state index in [-0.39, 0.29) is 5.78 Å². The molecular weight excluding hydrogens is 210 g/mol. The average molecular weight is 227 g/mol. The number of aryl methyl sites for hydroxylation is 1. The van der Waals surface area contributed by atoms with Gasteiger partial charge in [-0.15, -0.1) is 0 Å². The fourth-order valence-corrected chi connectivity index (χ4v) is 1.97. The maximum Gasteiger partial charge on any atom is 0.181 e. The molecule has 0 saturated heterocycles. The van der Waals surface area contributed by atoms with Crippen LogP contribution in [0.25, 0.3) is 10.9 Å². The quantitative estimate of drug-likeness (QED) is 0.747. The molecule has 0 amide bonds. The predicted octanol–water partition coefficient (Wildman–Crippen LogP) is 3.77. The Labute approximate surface area is 102 Å². The number of hydrogen-bond acceptors (Lipinski definition) is 2. The molecule has 0 N–H and O–H groups in total. The van der Waals surface area contributed by atoms with E-state index in [1.807, 2.05) is 51.1 Å². The summed E-state index contributed by atoms with van der Waals surface area (Å²) in [5.41, 5.74) is 2.61. The summed E-state index contributed by atoms with van der Waals surface area (Å²) in [6, 6.07) is 9.83. The molecule has 17 heavy (non-hydrogen) atoms. The zero-order valence-electron chi connectivity index (χ0n) is 10.5. The molecule has 2 rings (SSSR count). The first kappa shape index (κ1) is 11.8. The highest BCUT2D eigenvalue weighted by Crippen LogP contribution is 2.18. The van der Waals surface area contributed by atoms with Crippen LogP contribution < -0.4 is 0 Å². The molecular formula is C15H17NO. The predicted molar refractivity (Wildman–Crippen MR) is 70.3 cm³/mol. The van der Waals surface area contributed by atoms with Crippen LogP contribution in [0.15, 0.2) is 30.3 Å². The minimum Gasteiger partial charge on any atom is -0.292 e. The summed E-state index contributed by atoms with van der Waals surface area (Å²) in [4.78, 5) is 16.4. The molecule has 2 aromatic rings. The first-order valence-electron chi connectivity index (χ1n) is 5.97. The normalized spacial score (nSPS) is 11.1. The van der Waals surface area contributed by atoms with E-state index in [0.29, 0.717) is 18.0 Å². The number of carbonyl (C=O) groups is 1. The van der Waals surface area contributed by atoms with Crippen LogP contribution in [0.1, 0.15) is 36.3 Å². The average Bonchev–Trinajstić information content (AvgIpc) is 2.28. The highest BCUT2D eigenvalue weighted by Gasteiger charge is 2.11. The molecule has 1 aromatic heterocycles. The van der Waals surface area contributed by atoms with E-state index in [1.165, 1.54) is 0 Å². The number of pyridine rings is 1. The largest absolute Gasteiger partial charge is 0.292 e. The highest BCUT2D eigenvalue weighted by molar-refractivity contribution is 5.97. The number of para-hydroxylation sites is 1. The molecule has 0 fully saturated rings. The van der Waals surface area contributed by atoms with E-state index in [9.17, 15) is 4.79 Å². The molecule has 0 bridgehead atoms. The molecule has 88 valence electrons. The number of aromatic nitrogens is 1. The second kappa shape index (κ2) is 4.66. The van der Waals surface area contributed by atoms with Crippen molar-refractivity contribution in [2.45, 2.75) is 27.2 Å². The van der Waals surface area contributed by atoms with E-state index in [2.05, 4.69) is 4.98 Å². The van der Waals surface area contributed by atoms with Gasteiger partial charge in [-0.25, -0.2) is 4.98 Å². The van der Waals surface area contributed by atoms with Gasteiger partial charge in [0.15, 0.2) is 5.78 Å². The number of fused-ring (bicyclic) bond motifs is 1. The van der Waals surface area contributed by atoms with Crippen molar-refractivity contribution in [2.75, 3.05) is 0 Å². The Hall–Kier alpha value is -1.70. The molecule has 0 saturated carbocycles. The van der Waals surface area contributed by atoms with Crippen LogP contribution in [0.2, 0.25) is 0 Å². The lowest BCUT2D eigenvalue weighted by Gasteiger charge is -2.07. The minimum atomic E-state index is 0.133. The fraction of sp³-hybridized carbons (Fsp3) is 0.333. The molecule has 0 spiro atoms. The molecule has 0 radical (unpaired) electrons. The van der Waals surface area contributed by atoms with Crippen molar-refractivity contribution in [1.82, 2.24) is 4.98 Å². The fourth-order valence-electron chi connectivity index (χ4n) is 1.97. The zero-order valence-corrected chi connectivity index (χ0v) is 10.5. The Balaban J connectivity index is 2.46. The number of hydrogen-bond donors (Lipinski definition) is 0. The van der Waals surface area contributed by atoms with Crippen molar-refractivity contribution in [3.63, 3.8) is 0 Å². The molecule has 0 unspecified atom stereocenters. The standard InChI is InChI=1S/C15H17NO/c1-10(2)8-15(17)14-9-11(3)12-6-4-5-7-13(12)16-14/h4-7,9-10H,8H2,1-3H3. The lowest BCUT2D eigenvalue weighted by molar-refractivity contribution is 0.0963. The van der Waals surface area contributed by atoms with Gasteiger partial charge in [-0.1, -0.05) is 32.0 Å². The summed E-state index contributed by atoms with van der Waals surface area (Å²) in [5, 5.41) is 1.12. The summed E-state index contributed by atoms with van der Waals surface area (Å²) >= 11 is 0. The van der Waals surface area contributed by atoms with Crippen LogP contribution in [0.4, 0.5) is 0 Å². The van der Waals surface area contributed by atoms with E-state index in [4.69, 9.17) is 0 Å². The van der Waals surface area contributed by atoms with Gasteiger partial charge in [-0.2, -0.15) is 0 Å². The van der Waals surface area contributed by atoms with E-state index >= 15 is 0 Å². The smallest absolute Gasteiger partial charge is 0.181 e. The number of carbonyl (C=O) groups excluding carboxylic acids is 1. The molecule has 2 heteroatoms.